The van der Waals surface area contributed by atoms with Crippen LogP contribution in [0.5, 0.6) is 11.5 Å². The first-order valence-electron chi connectivity index (χ1n) is 9.41. The van der Waals surface area contributed by atoms with E-state index in [0.29, 0.717) is 6.04 Å². The van der Waals surface area contributed by atoms with Gasteiger partial charge in [-0.3, -0.25) is 4.90 Å². The van der Waals surface area contributed by atoms with Crippen molar-refractivity contribution >= 4 is 16.8 Å². The first-order chi connectivity index (χ1) is 12.6. The number of fused-ring (bicyclic) bond motifs is 4. The van der Waals surface area contributed by atoms with Crippen molar-refractivity contribution in [3.05, 3.63) is 41.0 Å². The molecular weight excluding hydrogens is 326 g/mol. The molecule has 4 heteroatoms. The standard InChI is InChI=1S/C22H27NO3/c1-14(24)6-7-15-9-16-10-21(25-2)22(26-3)12-18(16)19-11-17-5-4-8-23(17)13-20(15)19/h6-7,9-10,12,14,17,24H,4-5,8,11,13H2,1-3H3. The Morgan fingerprint density at radius 2 is 1.92 bits per heavy atom. The summed E-state index contributed by atoms with van der Waals surface area (Å²) in [6, 6.07) is 7.05. The molecule has 4 nitrogen and oxygen atoms in total. The van der Waals surface area contributed by atoms with Crippen LogP contribution in [0.2, 0.25) is 0 Å². The van der Waals surface area contributed by atoms with Crippen LogP contribution >= 0.6 is 0 Å². The molecule has 2 aromatic rings. The third-order valence-electron chi connectivity index (χ3n) is 5.76. The van der Waals surface area contributed by atoms with Gasteiger partial charge in [-0.1, -0.05) is 12.2 Å². The molecule has 1 fully saturated rings. The van der Waals surface area contributed by atoms with E-state index in [2.05, 4.69) is 29.2 Å². The molecule has 0 spiro atoms. The Kier molecular flexibility index (Phi) is 4.63. The second-order valence-corrected chi connectivity index (χ2v) is 7.42. The molecule has 0 radical (unpaired) electrons. The molecule has 0 amide bonds. The molecule has 2 aromatic carbocycles. The van der Waals surface area contributed by atoms with Crippen molar-refractivity contribution in [3.63, 3.8) is 0 Å². The van der Waals surface area contributed by atoms with Gasteiger partial charge < -0.3 is 14.6 Å². The Morgan fingerprint density at radius 3 is 2.65 bits per heavy atom. The van der Waals surface area contributed by atoms with Crippen LogP contribution in [-0.4, -0.2) is 42.9 Å². The lowest BCUT2D eigenvalue weighted by atomic mass is 9.86. The molecule has 0 saturated carbocycles. The third kappa shape index (κ3) is 2.97. The minimum absolute atomic E-state index is 0.449. The summed E-state index contributed by atoms with van der Waals surface area (Å²) in [6.07, 6.45) is 7.12. The zero-order chi connectivity index (χ0) is 18.3. The fourth-order valence-corrected chi connectivity index (χ4v) is 4.45. The molecule has 0 bridgehead atoms. The molecule has 1 N–H and O–H groups in total. The second-order valence-electron chi connectivity index (χ2n) is 7.42. The van der Waals surface area contributed by atoms with E-state index in [4.69, 9.17) is 9.47 Å². The largest absolute Gasteiger partial charge is 0.493 e. The number of rotatable bonds is 4. The highest BCUT2D eigenvalue weighted by Gasteiger charge is 2.32. The maximum Gasteiger partial charge on any atom is 0.161 e. The molecule has 2 aliphatic heterocycles. The zero-order valence-electron chi connectivity index (χ0n) is 15.8. The lowest BCUT2D eigenvalue weighted by molar-refractivity contribution is 0.228. The first kappa shape index (κ1) is 17.4. The first-order valence-corrected chi connectivity index (χ1v) is 9.41. The van der Waals surface area contributed by atoms with Crippen LogP contribution in [0, 0.1) is 0 Å². The summed E-state index contributed by atoms with van der Waals surface area (Å²) in [5, 5.41) is 12.1. The molecule has 1 saturated heterocycles. The maximum absolute atomic E-state index is 9.70. The summed E-state index contributed by atoms with van der Waals surface area (Å²) < 4.78 is 11.1. The van der Waals surface area contributed by atoms with Gasteiger partial charge in [-0.25, -0.2) is 0 Å². The molecular formula is C22H27NO3. The van der Waals surface area contributed by atoms with Gasteiger partial charge in [0.25, 0.3) is 0 Å². The molecule has 2 unspecified atom stereocenters. The Balaban J connectivity index is 1.93. The highest BCUT2D eigenvalue weighted by Crippen LogP contribution is 2.40. The molecule has 2 aliphatic rings. The summed E-state index contributed by atoms with van der Waals surface area (Å²) >= 11 is 0. The van der Waals surface area contributed by atoms with Crippen molar-refractivity contribution in [2.75, 3.05) is 20.8 Å². The van der Waals surface area contributed by atoms with Crippen LogP contribution < -0.4 is 9.47 Å². The number of hydrogen-bond donors (Lipinski definition) is 1. The van der Waals surface area contributed by atoms with Crippen molar-refractivity contribution in [1.29, 1.82) is 0 Å². The summed E-state index contributed by atoms with van der Waals surface area (Å²) in [5.41, 5.74) is 4.02. The van der Waals surface area contributed by atoms with Gasteiger partial charge in [-0.15, -0.1) is 0 Å². The average molecular weight is 353 g/mol. The second kappa shape index (κ2) is 6.93. The number of benzene rings is 2. The summed E-state index contributed by atoms with van der Waals surface area (Å²) in [7, 11) is 3.36. The highest BCUT2D eigenvalue weighted by molar-refractivity contribution is 5.92. The van der Waals surface area contributed by atoms with E-state index >= 15 is 0 Å². The van der Waals surface area contributed by atoms with Gasteiger partial charge in [0, 0.05) is 12.6 Å². The smallest absolute Gasteiger partial charge is 0.161 e. The van der Waals surface area contributed by atoms with Crippen LogP contribution in [0.15, 0.2) is 24.3 Å². The SMILES string of the molecule is COc1cc2cc(C=CC(C)O)c3c(c2cc1OC)CC1CCCN1C3. The predicted molar refractivity (Wildman–Crippen MR) is 105 cm³/mol. The van der Waals surface area contributed by atoms with Crippen LogP contribution in [0.4, 0.5) is 0 Å². The minimum atomic E-state index is -0.449. The van der Waals surface area contributed by atoms with E-state index in [1.54, 1.807) is 21.1 Å². The van der Waals surface area contributed by atoms with Crippen LogP contribution in [0.25, 0.3) is 16.8 Å². The average Bonchev–Trinajstić information content (AvgIpc) is 3.10. The molecule has 0 aromatic heterocycles. The lowest BCUT2D eigenvalue weighted by Gasteiger charge is -2.33. The molecule has 2 heterocycles. The van der Waals surface area contributed by atoms with Gasteiger partial charge in [-0.2, -0.15) is 0 Å². The van der Waals surface area contributed by atoms with E-state index in [1.807, 2.05) is 6.08 Å². The molecule has 4 rings (SSSR count). The van der Waals surface area contributed by atoms with E-state index in [1.165, 1.54) is 41.5 Å². The number of aliphatic hydroxyl groups excluding tert-OH is 1. The molecule has 2 atom stereocenters. The van der Waals surface area contributed by atoms with Crippen molar-refractivity contribution in [2.24, 2.45) is 0 Å². The predicted octanol–water partition coefficient (Wildman–Crippen LogP) is 3.77. The van der Waals surface area contributed by atoms with Gasteiger partial charge in [-0.05, 0) is 78.4 Å². The van der Waals surface area contributed by atoms with Crippen molar-refractivity contribution < 1.29 is 14.6 Å². The number of nitrogens with zero attached hydrogens (tertiary/aromatic N) is 1. The zero-order valence-corrected chi connectivity index (χ0v) is 15.8. The summed E-state index contributed by atoms with van der Waals surface area (Å²) in [6.45, 7) is 3.96. The minimum Gasteiger partial charge on any atom is -0.493 e. The Hall–Kier alpha value is -2.04. The quantitative estimate of drug-likeness (QED) is 0.908. The topological polar surface area (TPSA) is 41.9 Å². The third-order valence-corrected chi connectivity index (χ3v) is 5.76. The van der Waals surface area contributed by atoms with Crippen LogP contribution in [0.3, 0.4) is 0 Å². The monoisotopic (exact) mass is 353 g/mol. The van der Waals surface area contributed by atoms with Crippen LogP contribution in [0.1, 0.15) is 36.5 Å². The number of aliphatic hydroxyl groups is 1. The Bertz CT molecular complexity index is 856. The van der Waals surface area contributed by atoms with Gasteiger partial charge in [0.2, 0.25) is 0 Å². The lowest BCUT2D eigenvalue weighted by Crippen LogP contribution is -2.35. The van der Waals surface area contributed by atoms with Crippen molar-refractivity contribution in [1.82, 2.24) is 4.90 Å². The van der Waals surface area contributed by atoms with Crippen LogP contribution in [-0.2, 0) is 13.0 Å². The van der Waals surface area contributed by atoms with Gasteiger partial charge in [0.05, 0.1) is 20.3 Å². The molecule has 26 heavy (non-hydrogen) atoms. The van der Waals surface area contributed by atoms with Gasteiger partial charge >= 0.3 is 0 Å². The highest BCUT2D eigenvalue weighted by atomic mass is 16.5. The van der Waals surface area contributed by atoms with Crippen molar-refractivity contribution in [2.45, 2.75) is 44.9 Å². The number of hydrogen-bond acceptors (Lipinski definition) is 4. The molecule has 138 valence electrons. The summed E-state index contributed by atoms with van der Waals surface area (Å²) in [5.74, 6) is 1.53. The normalized spacial score (nSPS) is 21.0. The number of ether oxygens (including phenoxy) is 2. The van der Waals surface area contributed by atoms with E-state index in [9.17, 15) is 5.11 Å². The fraction of sp³-hybridized carbons (Fsp3) is 0.455. The molecule has 0 aliphatic carbocycles. The summed E-state index contributed by atoms with van der Waals surface area (Å²) in [4.78, 5) is 2.61. The van der Waals surface area contributed by atoms with Gasteiger partial charge in [0.1, 0.15) is 0 Å². The fourth-order valence-electron chi connectivity index (χ4n) is 4.45. The van der Waals surface area contributed by atoms with E-state index < -0.39 is 6.10 Å². The van der Waals surface area contributed by atoms with E-state index in [-0.39, 0.29) is 0 Å². The Labute approximate surface area is 155 Å². The maximum atomic E-state index is 9.70. The van der Waals surface area contributed by atoms with Crippen molar-refractivity contribution in [3.8, 4) is 11.5 Å². The number of methoxy groups -OCH3 is 2. The Morgan fingerprint density at radius 1 is 1.15 bits per heavy atom. The van der Waals surface area contributed by atoms with Gasteiger partial charge in [0.15, 0.2) is 11.5 Å². The van der Waals surface area contributed by atoms with E-state index in [0.717, 1.165) is 29.9 Å².